The highest BCUT2D eigenvalue weighted by atomic mass is 16.2. The van der Waals surface area contributed by atoms with Gasteiger partial charge >= 0.3 is 0 Å². The third-order valence-electron chi connectivity index (χ3n) is 5.91. The molecule has 0 spiro atoms. The van der Waals surface area contributed by atoms with E-state index in [2.05, 4.69) is 36.1 Å². The highest BCUT2D eigenvalue weighted by molar-refractivity contribution is 6.22. The van der Waals surface area contributed by atoms with Crippen LogP contribution in [0, 0.1) is 6.92 Å². The van der Waals surface area contributed by atoms with Crippen molar-refractivity contribution in [1.29, 1.82) is 0 Å². The lowest BCUT2D eigenvalue weighted by Gasteiger charge is -2.36. The highest BCUT2D eigenvalue weighted by Crippen LogP contribution is 2.36. The van der Waals surface area contributed by atoms with Gasteiger partial charge in [0.05, 0.1) is 0 Å². The van der Waals surface area contributed by atoms with Crippen molar-refractivity contribution in [1.82, 2.24) is 4.90 Å². The molecule has 0 N–H and O–H groups in total. The molecule has 1 amide bonds. The Morgan fingerprint density at radius 3 is 2.24 bits per heavy atom. The van der Waals surface area contributed by atoms with Crippen LogP contribution in [0.15, 0.2) is 66.7 Å². The molecule has 1 saturated heterocycles. The molecule has 2 aliphatic rings. The van der Waals surface area contributed by atoms with Crippen LogP contribution < -0.4 is 4.90 Å². The standard InChI is InChI=1S/C25H22N2O2/c1-17-5-4-6-19(15-17)26-11-13-27(14-12-26)25(29)18-9-10-21-20-7-2-3-8-22(20)24(28)23(21)16-18/h2-10,15-16H,11-14H2,1H3. The lowest BCUT2D eigenvalue weighted by Crippen LogP contribution is -2.48. The number of rotatable bonds is 2. The van der Waals surface area contributed by atoms with Crippen molar-refractivity contribution < 1.29 is 9.59 Å². The fraction of sp³-hybridized carbons (Fsp3) is 0.200. The van der Waals surface area contributed by atoms with Crippen molar-refractivity contribution >= 4 is 17.4 Å². The quantitative estimate of drug-likeness (QED) is 0.522. The number of hydrogen-bond acceptors (Lipinski definition) is 3. The number of nitrogens with zero attached hydrogens (tertiary/aromatic N) is 2. The second kappa shape index (κ2) is 6.89. The predicted octanol–water partition coefficient (Wildman–Crippen LogP) is 4.17. The number of anilines is 1. The number of aryl methyl sites for hydroxylation is 1. The van der Waals surface area contributed by atoms with Crippen LogP contribution in [0.1, 0.15) is 31.8 Å². The molecule has 0 saturated carbocycles. The third-order valence-corrected chi connectivity index (χ3v) is 5.91. The Morgan fingerprint density at radius 2 is 1.48 bits per heavy atom. The molecule has 0 atom stereocenters. The van der Waals surface area contributed by atoms with Crippen LogP contribution in [0.5, 0.6) is 0 Å². The van der Waals surface area contributed by atoms with Crippen molar-refractivity contribution in [3.05, 3.63) is 89.0 Å². The van der Waals surface area contributed by atoms with Gasteiger partial charge in [-0.25, -0.2) is 0 Å². The van der Waals surface area contributed by atoms with E-state index in [0.717, 1.165) is 29.8 Å². The first-order valence-electron chi connectivity index (χ1n) is 10.0. The maximum absolute atomic E-state index is 13.1. The van der Waals surface area contributed by atoms with E-state index in [1.54, 1.807) is 6.07 Å². The fourth-order valence-corrected chi connectivity index (χ4v) is 4.34. The molecule has 1 heterocycles. The van der Waals surface area contributed by atoms with Crippen molar-refractivity contribution in [2.45, 2.75) is 6.92 Å². The van der Waals surface area contributed by atoms with E-state index < -0.39 is 0 Å². The Kier molecular flexibility index (Phi) is 4.20. The summed E-state index contributed by atoms with van der Waals surface area (Å²) in [6, 6.07) is 21.6. The predicted molar refractivity (Wildman–Crippen MR) is 115 cm³/mol. The Hall–Kier alpha value is -3.40. The molecule has 0 unspecified atom stereocenters. The third kappa shape index (κ3) is 3.01. The molecule has 0 radical (unpaired) electrons. The minimum Gasteiger partial charge on any atom is -0.368 e. The lowest BCUT2D eigenvalue weighted by atomic mass is 10.0. The largest absolute Gasteiger partial charge is 0.368 e. The Labute approximate surface area is 170 Å². The Bertz CT molecular complexity index is 1130. The normalized spacial score (nSPS) is 15.3. The second-order valence-electron chi connectivity index (χ2n) is 7.75. The van der Waals surface area contributed by atoms with E-state index >= 15 is 0 Å². The summed E-state index contributed by atoms with van der Waals surface area (Å²) in [4.78, 5) is 30.0. The molecule has 4 nitrogen and oxygen atoms in total. The van der Waals surface area contributed by atoms with Gasteiger partial charge in [0.15, 0.2) is 5.78 Å². The second-order valence-corrected chi connectivity index (χ2v) is 7.75. The first-order valence-corrected chi connectivity index (χ1v) is 10.0. The smallest absolute Gasteiger partial charge is 0.253 e. The number of ketones is 1. The summed E-state index contributed by atoms with van der Waals surface area (Å²) in [5.41, 5.74) is 6.27. The molecule has 4 heteroatoms. The zero-order chi connectivity index (χ0) is 20.0. The van der Waals surface area contributed by atoms with Gasteiger partial charge in [-0.15, -0.1) is 0 Å². The van der Waals surface area contributed by atoms with Gasteiger partial charge in [-0.3, -0.25) is 9.59 Å². The molecule has 0 bridgehead atoms. The van der Waals surface area contributed by atoms with Gasteiger partial charge in [-0.1, -0.05) is 42.5 Å². The van der Waals surface area contributed by atoms with Gasteiger partial charge in [0.1, 0.15) is 0 Å². The first-order chi connectivity index (χ1) is 14.1. The number of benzene rings is 3. The molecule has 0 aromatic heterocycles. The number of hydrogen-bond donors (Lipinski definition) is 0. The summed E-state index contributed by atoms with van der Waals surface area (Å²) in [6.07, 6.45) is 0. The van der Waals surface area contributed by atoms with E-state index in [1.807, 2.05) is 41.3 Å². The average Bonchev–Trinajstić information content (AvgIpc) is 3.05. The van der Waals surface area contributed by atoms with E-state index in [0.29, 0.717) is 24.2 Å². The van der Waals surface area contributed by atoms with Gasteiger partial charge in [0, 0.05) is 48.6 Å². The number of carbonyl (C=O) groups excluding carboxylic acids is 2. The monoisotopic (exact) mass is 382 g/mol. The van der Waals surface area contributed by atoms with Gasteiger partial charge in [-0.2, -0.15) is 0 Å². The minimum atomic E-state index is 0.000415. The van der Waals surface area contributed by atoms with Gasteiger partial charge in [0.2, 0.25) is 0 Å². The Morgan fingerprint density at radius 1 is 0.759 bits per heavy atom. The maximum Gasteiger partial charge on any atom is 0.253 e. The van der Waals surface area contributed by atoms with Crippen LogP contribution in [0.2, 0.25) is 0 Å². The molecule has 5 rings (SSSR count). The number of carbonyl (C=O) groups is 2. The minimum absolute atomic E-state index is 0.000415. The summed E-state index contributed by atoms with van der Waals surface area (Å²) in [6.45, 7) is 5.07. The van der Waals surface area contributed by atoms with Crippen molar-refractivity contribution in [2.24, 2.45) is 0 Å². The topological polar surface area (TPSA) is 40.6 Å². The van der Waals surface area contributed by atoms with Crippen LogP contribution in [0.4, 0.5) is 5.69 Å². The van der Waals surface area contributed by atoms with Gasteiger partial charge < -0.3 is 9.80 Å². The molecule has 1 aliphatic heterocycles. The van der Waals surface area contributed by atoms with Crippen LogP contribution in [0.25, 0.3) is 11.1 Å². The van der Waals surface area contributed by atoms with Crippen molar-refractivity contribution in [3.8, 4) is 11.1 Å². The zero-order valence-corrected chi connectivity index (χ0v) is 16.4. The molecule has 1 aliphatic carbocycles. The molecule has 3 aromatic rings. The summed E-state index contributed by atoms with van der Waals surface area (Å²) in [7, 11) is 0. The number of fused-ring (bicyclic) bond motifs is 3. The fourth-order valence-electron chi connectivity index (χ4n) is 4.34. The summed E-state index contributed by atoms with van der Waals surface area (Å²) in [5, 5.41) is 0. The SMILES string of the molecule is Cc1cccc(N2CCN(C(=O)c3ccc4c(c3)C(=O)c3ccccc3-4)CC2)c1. The van der Waals surface area contributed by atoms with E-state index in [9.17, 15) is 9.59 Å². The zero-order valence-electron chi connectivity index (χ0n) is 16.4. The molecule has 1 fully saturated rings. The van der Waals surface area contributed by atoms with E-state index in [-0.39, 0.29) is 11.7 Å². The maximum atomic E-state index is 13.1. The lowest BCUT2D eigenvalue weighted by molar-refractivity contribution is 0.0747. The van der Waals surface area contributed by atoms with Crippen molar-refractivity contribution in [3.63, 3.8) is 0 Å². The van der Waals surface area contributed by atoms with Crippen LogP contribution in [0.3, 0.4) is 0 Å². The molecular weight excluding hydrogens is 360 g/mol. The van der Waals surface area contributed by atoms with E-state index in [1.165, 1.54) is 11.3 Å². The van der Waals surface area contributed by atoms with Gasteiger partial charge in [-0.05, 0) is 47.9 Å². The number of piperazine rings is 1. The summed E-state index contributed by atoms with van der Waals surface area (Å²) in [5.74, 6) is 0.00923. The average molecular weight is 382 g/mol. The van der Waals surface area contributed by atoms with Gasteiger partial charge in [0.25, 0.3) is 5.91 Å². The molecule has 29 heavy (non-hydrogen) atoms. The first kappa shape index (κ1) is 17.7. The van der Waals surface area contributed by atoms with Crippen LogP contribution in [-0.2, 0) is 0 Å². The molecule has 3 aromatic carbocycles. The van der Waals surface area contributed by atoms with Crippen LogP contribution in [-0.4, -0.2) is 42.8 Å². The Balaban J connectivity index is 1.33. The van der Waals surface area contributed by atoms with Crippen molar-refractivity contribution in [2.75, 3.05) is 31.1 Å². The summed E-state index contributed by atoms with van der Waals surface area (Å²) >= 11 is 0. The van der Waals surface area contributed by atoms with Crippen LogP contribution >= 0.6 is 0 Å². The summed E-state index contributed by atoms with van der Waals surface area (Å²) < 4.78 is 0. The number of amides is 1. The molecule has 144 valence electrons. The molecular formula is C25H22N2O2. The van der Waals surface area contributed by atoms with E-state index in [4.69, 9.17) is 0 Å². The highest BCUT2D eigenvalue weighted by Gasteiger charge is 2.28.